The Morgan fingerprint density at radius 1 is 1.32 bits per heavy atom. The van der Waals surface area contributed by atoms with Crippen LogP contribution in [-0.2, 0) is 28.7 Å². The number of primary amides is 1. The molecular formula is C29H42N2O7. The lowest BCUT2D eigenvalue weighted by Crippen LogP contribution is -2.45. The van der Waals surface area contributed by atoms with E-state index in [-0.39, 0.29) is 48.2 Å². The normalized spacial score (nSPS) is 35.2. The third kappa shape index (κ3) is 8.58. The van der Waals surface area contributed by atoms with E-state index < -0.39 is 30.1 Å². The van der Waals surface area contributed by atoms with Gasteiger partial charge in [-0.1, -0.05) is 45.1 Å². The van der Waals surface area contributed by atoms with Gasteiger partial charge in [-0.05, 0) is 49.5 Å². The number of nitrogens with one attached hydrogen (secondary N) is 1. The van der Waals surface area contributed by atoms with Crippen molar-refractivity contribution in [2.45, 2.75) is 78.3 Å². The van der Waals surface area contributed by atoms with Gasteiger partial charge in [0.2, 0.25) is 5.91 Å². The van der Waals surface area contributed by atoms with Crippen LogP contribution >= 0.6 is 0 Å². The van der Waals surface area contributed by atoms with E-state index in [0.717, 1.165) is 6.08 Å². The molecule has 0 aromatic rings. The molecule has 0 spiro atoms. The summed E-state index contributed by atoms with van der Waals surface area (Å²) in [5.74, 6) is -1.95. The Morgan fingerprint density at radius 2 is 2.03 bits per heavy atom. The van der Waals surface area contributed by atoms with Gasteiger partial charge >= 0.3 is 0 Å². The predicted octanol–water partition coefficient (Wildman–Crippen LogP) is 2.89. The van der Waals surface area contributed by atoms with Crippen LogP contribution in [0.25, 0.3) is 0 Å². The van der Waals surface area contributed by atoms with E-state index >= 15 is 0 Å². The summed E-state index contributed by atoms with van der Waals surface area (Å²) in [6, 6.07) is 0. The average molecular weight is 531 g/mol. The zero-order valence-electron chi connectivity index (χ0n) is 23.0. The van der Waals surface area contributed by atoms with E-state index in [1.807, 2.05) is 32.9 Å². The minimum Gasteiger partial charge on any atom is -0.379 e. The van der Waals surface area contributed by atoms with Crippen LogP contribution < -0.4 is 11.1 Å². The summed E-state index contributed by atoms with van der Waals surface area (Å²) in [6.07, 6.45) is 8.58. The minimum atomic E-state index is -1.22. The Balaban J connectivity index is 2.54. The highest BCUT2D eigenvalue weighted by Crippen LogP contribution is 2.37. The maximum absolute atomic E-state index is 12.8. The molecule has 38 heavy (non-hydrogen) atoms. The number of aliphatic hydroxyl groups is 1. The van der Waals surface area contributed by atoms with Gasteiger partial charge in [-0.2, -0.15) is 0 Å². The van der Waals surface area contributed by atoms with Crippen LogP contribution in [0.2, 0.25) is 0 Å². The van der Waals surface area contributed by atoms with Gasteiger partial charge < -0.3 is 25.6 Å². The molecule has 4 N–H and O–H groups in total. The molecule has 7 atom stereocenters. The number of Topliss-reactive ketones (excluding diaryl/α,β-unsaturated/α-hetero) is 1. The van der Waals surface area contributed by atoms with Crippen molar-refractivity contribution in [1.82, 2.24) is 5.32 Å². The summed E-state index contributed by atoms with van der Waals surface area (Å²) in [7, 11) is 1.59. The van der Waals surface area contributed by atoms with E-state index in [2.05, 4.69) is 5.32 Å². The van der Waals surface area contributed by atoms with Crippen molar-refractivity contribution in [2.24, 2.45) is 29.4 Å². The molecule has 0 saturated carbocycles. The first kappa shape index (κ1) is 31.3. The number of fused-ring (bicyclic) bond motifs is 14. The monoisotopic (exact) mass is 530 g/mol. The number of aliphatic hydroxyl groups excluding tert-OH is 1. The van der Waals surface area contributed by atoms with Crippen molar-refractivity contribution in [2.75, 3.05) is 7.11 Å². The summed E-state index contributed by atoms with van der Waals surface area (Å²) in [6.45, 7) is 7.54. The first-order chi connectivity index (χ1) is 18.0. The van der Waals surface area contributed by atoms with Gasteiger partial charge in [-0.25, -0.2) is 0 Å². The minimum absolute atomic E-state index is 0.0301. The van der Waals surface area contributed by atoms with Crippen molar-refractivity contribution in [3.8, 4) is 0 Å². The third-order valence-corrected chi connectivity index (χ3v) is 7.40. The maximum Gasteiger partial charge on any atom is 0.251 e. The fraction of sp³-hybridized carbons (Fsp3) is 0.586. The molecule has 9 heteroatoms. The lowest BCUT2D eigenvalue weighted by molar-refractivity contribution is -0.178. The first-order valence-electron chi connectivity index (χ1n) is 13.2. The van der Waals surface area contributed by atoms with Gasteiger partial charge in [0.25, 0.3) is 5.91 Å². The number of ketones is 1. The number of hydrogen-bond donors (Lipinski definition) is 3. The Kier molecular flexibility index (Phi) is 12.3. The van der Waals surface area contributed by atoms with Crippen molar-refractivity contribution >= 4 is 23.9 Å². The lowest BCUT2D eigenvalue weighted by atomic mass is 9.77. The topological polar surface area (TPSA) is 145 Å². The SMILES string of the molecule is CCC1/C=C\C=C(/C)C(=O)N/C(=C/C=O)C(=O)CCC(C)CC(OC)C2OC(O)C(=CC2C)C1CC(N)=O. The molecular weight excluding hydrogens is 488 g/mol. The summed E-state index contributed by atoms with van der Waals surface area (Å²) in [5.41, 5.74) is 6.48. The second-order valence-electron chi connectivity index (χ2n) is 10.3. The number of ether oxygens (including phenoxy) is 2. The molecule has 3 aliphatic heterocycles. The Morgan fingerprint density at radius 3 is 2.63 bits per heavy atom. The van der Waals surface area contributed by atoms with Crippen LogP contribution in [-0.4, -0.2) is 54.6 Å². The Bertz CT molecular complexity index is 997. The predicted molar refractivity (Wildman–Crippen MR) is 143 cm³/mol. The molecule has 0 fully saturated rings. The second kappa shape index (κ2) is 14.9. The molecule has 0 aliphatic carbocycles. The Hall–Kier alpha value is -2.88. The number of nitrogens with two attached hydrogens (primary N) is 1. The quantitative estimate of drug-likeness (QED) is 0.281. The van der Waals surface area contributed by atoms with Crippen molar-refractivity contribution in [3.63, 3.8) is 0 Å². The number of carbonyl (C=O) groups is 4. The highest BCUT2D eigenvalue weighted by atomic mass is 16.6. The molecule has 2 bridgehead atoms. The van der Waals surface area contributed by atoms with Crippen LogP contribution in [0.15, 0.2) is 47.2 Å². The van der Waals surface area contributed by atoms with Crippen molar-refractivity contribution < 1.29 is 33.8 Å². The Labute approximate surface area is 225 Å². The number of aldehydes is 1. The fourth-order valence-electron chi connectivity index (χ4n) is 5.16. The van der Waals surface area contributed by atoms with Crippen molar-refractivity contribution in [3.05, 3.63) is 47.2 Å². The van der Waals surface area contributed by atoms with E-state index in [1.165, 1.54) is 0 Å². The number of amides is 2. The van der Waals surface area contributed by atoms with Gasteiger partial charge in [0.05, 0.1) is 17.9 Å². The highest BCUT2D eigenvalue weighted by molar-refractivity contribution is 6.04. The van der Waals surface area contributed by atoms with Crippen molar-refractivity contribution in [1.29, 1.82) is 0 Å². The van der Waals surface area contributed by atoms with Crippen LogP contribution in [0.1, 0.15) is 59.8 Å². The number of allylic oxidation sites excluding steroid dienone is 5. The molecule has 9 nitrogen and oxygen atoms in total. The number of hydrogen-bond acceptors (Lipinski definition) is 7. The van der Waals surface area contributed by atoms with Crippen LogP contribution in [0, 0.1) is 23.7 Å². The molecule has 3 aliphatic rings. The summed E-state index contributed by atoms with van der Waals surface area (Å²) in [5, 5.41) is 13.6. The molecule has 210 valence electrons. The average Bonchev–Trinajstić information content (AvgIpc) is 2.87. The second-order valence-corrected chi connectivity index (χ2v) is 10.3. The standard InChI is InChI=1S/C29H42N2O7/c1-6-20-9-7-8-18(3)28(35)31-23(12-13-32)24(33)11-10-17(2)14-25(37-5)27-19(4)15-22(29(36)38-27)21(20)16-26(30)34/h7-9,12-13,15,17,19-21,25,27,29,36H,6,10-11,14,16H2,1-5H3,(H2,30,34)(H,31,35)/b9-7-,18-8+,23-12+. The van der Waals surface area contributed by atoms with Gasteiger partial charge in [0.15, 0.2) is 12.1 Å². The zero-order chi connectivity index (χ0) is 28.4. The fourth-order valence-corrected chi connectivity index (χ4v) is 5.16. The van der Waals surface area contributed by atoms with Crippen LogP contribution in [0.3, 0.4) is 0 Å². The van der Waals surface area contributed by atoms with Gasteiger partial charge in [-0.15, -0.1) is 0 Å². The molecule has 0 saturated heterocycles. The molecule has 3 rings (SSSR count). The van der Waals surface area contributed by atoms with E-state index in [4.69, 9.17) is 15.2 Å². The number of carbonyl (C=O) groups excluding carboxylic acids is 4. The third-order valence-electron chi connectivity index (χ3n) is 7.40. The summed E-state index contributed by atoms with van der Waals surface area (Å²) in [4.78, 5) is 48.7. The van der Waals surface area contributed by atoms with Gasteiger partial charge in [0, 0.05) is 37.5 Å². The van der Waals surface area contributed by atoms with Gasteiger partial charge in [0.1, 0.15) is 6.29 Å². The smallest absolute Gasteiger partial charge is 0.251 e. The van der Waals surface area contributed by atoms with Gasteiger partial charge in [-0.3, -0.25) is 19.2 Å². The molecule has 7 unspecified atom stereocenters. The molecule has 0 aromatic carbocycles. The van der Waals surface area contributed by atoms with E-state index in [1.54, 1.807) is 26.2 Å². The molecule has 2 amide bonds. The number of methoxy groups -OCH3 is 1. The summed E-state index contributed by atoms with van der Waals surface area (Å²) >= 11 is 0. The highest BCUT2D eigenvalue weighted by Gasteiger charge is 2.39. The largest absolute Gasteiger partial charge is 0.379 e. The molecule has 3 heterocycles. The van der Waals surface area contributed by atoms with E-state index in [0.29, 0.717) is 36.7 Å². The van der Waals surface area contributed by atoms with E-state index in [9.17, 15) is 24.3 Å². The summed E-state index contributed by atoms with van der Waals surface area (Å²) < 4.78 is 11.8. The number of rotatable bonds is 5. The van der Waals surface area contributed by atoms with Crippen LogP contribution in [0.4, 0.5) is 0 Å². The first-order valence-corrected chi connectivity index (χ1v) is 13.2. The molecule has 0 radical (unpaired) electrons. The molecule has 0 aromatic heterocycles. The zero-order valence-corrected chi connectivity index (χ0v) is 23.0. The maximum atomic E-state index is 12.8. The van der Waals surface area contributed by atoms with Crippen LogP contribution in [0.5, 0.6) is 0 Å². The lowest BCUT2D eigenvalue weighted by Gasteiger charge is -2.40.